The second-order valence-electron chi connectivity index (χ2n) is 5.10. The SMILES string of the molecule is Cc1noc(-c2ccc(C(=O)Nc3ccc(F)c([N+](=O)[O-])c3)cc2)n1. The molecule has 3 aromatic rings. The predicted octanol–water partition coefficient (Wildman–Crippen LogP) is 3.34. The molecule has 0 spiro atoms. The predicted molar refractivity (Wildman–Crippen MR) is 85.5 cm³/mol. The van der Waals surface area contributed by atoms with E-state index in [4.69, 9.17) is 4.52 Å². The van der Waals surface area contributed by atoms with Crippen molar-refractivity contribution in [3.05, 3.63) is 69.8 Å². The van der Waals surface area contributed by atoms with E-state index >= 15 is 0 Å². The van der Waals surface area contributed by atoms with Crippen molar-refractivity contribution in [3.63, 3.8) is 0 Å². The van der Waals surface area contributed by atoms with Crippen molar-refractivity contribution < 1.29 is 18.6 Å². The Hall–Kier alpha value is -3.62. The minimum atomic E-state index is -0.970. The molecular formula is C16H11FN4O4. The van der Waals surface area contributed by atoms with E-state index in [1.807, 2.05) is 0 Å². The zero-order valence-electron chi connectivity index (χ0n) is 12.9. The molecule has 0 saturated carbocycles. The van der Waals surface area contributed by atoms with Crippen LogP contribution < -0.4 is 5.32 Å². The van der Waals surface area contributed by atoms with E-state index in [2.05, 4.69) is 15.5 Å². The van der Waals surface area contributed by atoms with E-state index in [9.17, 15) is 19.3 Å². The average molecular weight is 342 g/mol. The van der Waals surface area contributed by atoms with Gasteiger partial charge in [0.15, 0.2) is 5.82 Å². The van der Waals surface area contributed by atoms with Crippen LogP contribution in [0.5, 0.6) is 0 Å². The molecule has 1 aromatic heterocycles. The number of halogens is 1. The summed E-state index contributed by atoms with van der Waals surface area (Å²) >= 11 is 0. The number of nitro benzene ring substituents is 1. The topological polar surface area (TPSA) is 111 Å². The third-order valence-corrected chi connectivity index (χ3v) is 3.32. The van der Waals surface area contributed by atoms with E-state index in [-0.39, 0.29) is 5.69 Å². The summed E-state index contributed by atoms with van der Waals surface area (Å²) in [6, 6.07) is 9.49. The first-order valence-electron chi connectivity index (χ1n) is 7.10. The summed E-state index contributed by atoms with van der Waals surface area (Å²) in [6.45, 7) is 1.69. The van der Waals surface area contributed by atoms with Gasteiger partial charge in [0.05, 0.1) is 4.92 Å². The highest BCUT2D eigenvalue weighted by molar-refractivity contribution is 6.04. The van der Waals surface area contributed by atoms with Crippen LogP contribution in [0.4, 0.5) is 15.8 Å². The molecule has 0 saturated heterocycles. The van der Waals surface area contributed by atoms with Crippen molar-refractivity contribution in [3.8, 4) is 11.5 Å². The number of carbonyl (C=O) groups is 1. The van der Waals surface area contributed by atoms with Crippen LogP contribution >= 0.6 is 0 Å². The fourth-order valence-electron chi connectivity index (χ4n) is 2.11. The maximum absolute atomic E-state index is 13.3. The van der Waals surface area contributed by atoms with Gasteiger partial charge in [-0.2, -0.15) is 9.37 Å². The van der Waals surface area contributed by atoms with E-state index in [0.717, 1.165) is 12.1 Å². The largest absolute Gasteiger partial charge is 0.334 e. The summed E-state index contributed by atoms with van der Waals surface area (Å²) in [6.07, 6.45) is 0. The van der Waals surface area contributed by atoms with Crippen LogP contribution in [0.3, 0.4) is 0 Å². The van der Waals surface area contributed by atoms with Gasteiger partial charge < -0.3 is 9.84 Å². The van der Waals surface area contributed by atoms with Gasteiger partial charge in [-0.05, 0) is 43.3 Å². The highest BCUT2D eigenvalue weighted by Crippen LogP contribution is 2.23. The highest BCUT2D eigenvalue weighted by atomic mass is 19.1. The van der Waals surface area contributed by atoms with Crippen LogP contribution in [-0.4, -0.2) is 21.0 Å². The summed E-state index contributed by atoms with van der Waals surface area (Å²) in [7, 11) is 0. The lowest BCUT2D eigenvalue weighted by atomic mass is 10.1. The van der Waals surface area contributed by atoms with Gasteiger partial charge in [-0.3, -0.25) is 14.9 Å². The molecule has 8 nitrogen and oxygen atoms in total. The standard InChI is InChI=1S/C16H11FN4O4/c1-9-18-16(25-20-9)11-4-2-10(3-5-11)15(22)19-12-6-7-13(17)14(8-12)21(23)24/h2-8H,1H3,(H,19,22). The van der Waals surface area contributed by atoms with Crippen molar-refractivity contribution in [2.24, 2.45) is 0 Å². The Morgan fingerprint density at radius 3 is 2.56 bits per heavy atom. The number of benzene rings is 2. The maximum Gasteiger partial charge on any atom is 0.306 e. The normalized spacial score (nSPS) is 10.5. The lowest BCUT2D eigenvalue weighted by molar-refractivity contribution is -0.387. The van der Waals surface area contributed by atoms with Crippen LogP contribution in [-0.2, 0) is 0 Å². The van der Waals surface area contributed by atoms with Gasteiger partial charge in [0.2, 0.25) is 5.82 Å². The smallest absolute Gasteiger partial charge is 0.306 e. The zero-order valence-corrected chi connectivity index (χ0v) is 12.9. The van der Waals surface area contributed by atoms with E-state index in [1.165, 1.54) is 6.07 Å². The third kappa shape index (κ3) is 3.50. The number of aryl methyl sites for hydroxylation is 1. The van der Waals surface area contributed by atoms with Crippen LogP contribution in [0.15, 0.2) is 47.0 Å². The van der Waals surface area contributed by atoms with Gasteiger partial charge >= 0.3 is 5.69 Å². The average Bonchev–Trinajstić information content (AvgIpc) is 3.03. The molecular weight excluding hydrogens is 331 g/mol. The molecule has 9 heteroatoms. The third-order valence-electron chi connectivity index (χ3n) is 3.32. The molecule has 0 aliphatic carbocycles. The first kappa shape index (κ1) is 16.2. The number of hydrogen-bond acceptors (Lipinski definition) is 6. The molecule has 126 valence electrons. The Morgan fingerprint density at radius 2 is 1.96 bits per heavy atom. The summed E-state index contributed by atoms with van der Waals surface area (Å²) in [5.41, 5.74) is 0.371. The van der Waals surface area contributed by atoms with Crippen molar-refractivity contribution in [2.45, 2.75) is 6.92 Å². The fourth-order valence-corrected chi connectivity index (χ4v) is 2.11. The van der Waals surface area contributed by atoms with Crippen LogP contribution in [0.2, 0.25) is 0 Å². The van der Waals surface area contributed by atoms with Crippen molar-refractivity contribution in [1.82, 2.24) is 10.1 Å². The number of rotatable bonds is 4. The molecule has 0 radical (unpaired) electrons. The van der Waals surface area contributed by atoms with Gasteiger partial charge in [0, 0.05) is 22.9 Å². The van der Waals surface area contributed by atoms with Gasteiger partial charge in [-0.15, -0.1) is 0 Å². The van der Waals surface area contributed by atoms with Crippen molar-refractivity contribution in [1.29, 1.82) is 0 Å². The van der Waals surface area contributed by atoms with Gasteiger partial charge in [-0.25, -0.2) is 0 Å². The Morgan fingerprint density at radius 1 is 1.24 bits per heavy atom. The van der Waals surface area contributed by atoms with E-state index in [0.29, 0.717) is 22.8 Å². The Labute approximate surface area is 140 Å². The molecule has 0 atom stereocenters. The maximum atomic E-state index is 13.3. The summed E-state index contributed by atoms with van der Waals surface area (Å²) < 4.78 is 18.3. The lowest BCUT2D eigenvalue weighted by Crippen LogP contribution is -2.12. The molecule has 0 unspecified atom stereocenters. The number of carbonyl (C=O) groups excluding carboxylic acids is 1. The van der Waals surface area contributed by atoms with Crippen LogP contribution in [0.1, 0.15) is 16.2 Å². The molecule has 1 N–H and O–H groups in total. The number of nitrogens with one attached hydrogen (secondary N) is 1. The molecule has 2 aromatic carbocycles. The second kappa shape index (κ2) is 6.48. The first-order valence-corrected chi connectivity index (χ1v) is 7.10. The summed E-state index contributed by atoms with van der Waals surface area (Å²) in [5.74, 6) is -0.635. The first-order chi connectivity index (χ1) is 11.9. The molecule has 0 aliphatic rings. The van der Waals surface area contributed by atoms with Gasteiger partial charge in [0.1, 0.15) is 0 Å². The monoisotopic (exact) mass is 342 g/mol. The number of hydrogen-bond donors (Lipinski definition) is 1. The van der Waals surface area contributed by atoms with Gasteiger partial charge in [-0.1, -0.05) is 5.16 Å². The Balaban J connectivity index is 1.77. The van der Waals surface area contributed by atoms with E-state index in [1.54, 1.807) is 31.2 Å². The number of anilines is 1. The molecule has 1 amide bonds. The van der Waals surface area contributed by atoms with Crippen molar-refractivity contribution >= 4 is 17.3 Å². The van der Waals surface area contributed by atoms with Crippen LogP contribution in [0, 0.1) is 22.9 Å². The summed E-state index contributed by atoms with van der Waals surface area (Å²) in [5, 5.41) is 16.9. The van der Waals surface area contributed by atoms with Crippen LogP contribution in [0.25, 0.3) is 11.5 Å². The van der Waals surface area contributed by atoms with Gasteiger partial charge in [0.25, 0.3) is 11.8 Å². The number of nitrogens with zero attached hydrogens (tertiary/aromatic N) is 3. The summed E-state index contributed by atoms with van der Waals surface area (Å²) in [4.78, 5) is 26.2. The molecule has 3 rings (SSSR count). The molecule has 0 fully saturated rings. The Kier molecular flexibility index (Phi) is 4.21. The molecule has 1 heterocycles. The molecule has 25 heavy (non-hydrogen) atoms. The highest BCUT2D eigenvalue weighted by Gasteiger charge is 2.16. The number of nitro groups is 1. The second-order valence-corrected chi connectivity index (χ2v) is 5.10. The molecule has 0 bridgehead atoms. The zero-order chi connectivity index (χ0) is 18.0. The number of amides is 1. The fraction of sp³-hybridized carbons (Fsp3) is 0.0625. The van der Waals surface area contributed by atoms with Crippen molar-refractivity contribution in [2.75, 3.05) is 5.32 Å². The number of aromatic nitrogens is 2. The minimum absolute atomic E-state index is 0.120. The molecule has 0 aliphatic heterocycles. The lowest BCUT2D eigenvalue weighted by Gasteiger charge is -2.06. The quantitative estimate of drug-likeness (QED) is 0.575. The van der Waals surface area contributed by atoms with E-state index < -0.39 is 22.3 Å². The minimum Gasteiger partial charge on any atom is -0.334 e. The Bertz CT molecular complexity index is 953.